The summed E-state index contributed by atoms with van der Waals surface area (Å²) in [7, 11) is 1.66. The van der Waals surface area contributed by atoms with E-state index in [4.69, 9.17) is 13.9 Å². The van der Waals surface area contributed by atoms with E-state index in [-0.39, 0.29) is 5.91 Å². The molecule has 2 aromatic heterocycles. The van der Waals surface area contributed by atoms with Gasteiger partial charge in [-0.05, 0) is 43.7 Å². The number of carbonyl (C=O) groups is 1. The lowest BCUT2D eigenvalue weighted by Crippen LogP contribution is -2.36. The number of ether oxygens (including phenoxy) is 2. The lowest BCUT2D eigenvalue weighted by Gasteiger charge is -2.29. The van der Waals surface area contributed by atoms with Crippen molar-refractivity contribution < 1.29 is 18.7 Å². The van der Waals surface area contributed by atoms with Crippen LogP contribution in [0.4, 0.5) is 5.69 Å². The minimum atomic E-state index is -0.112. The number of hydrogen-bond donors (Lipinski definition) is 1. The molecule has 1 aliphatic rings. The first kappa shape index (κ1) is 21.1. The molecule has 1 amide bonds. The molecule has 7 nitrogen and oxygen atoms in total. The van der Waals surface area contributed by atoms with Crippen LogP contribution in [0, 0.1) is 13.8 Å². The third kappa shape index (κ3) is 4.46. The number of rotatable bonds is 7. The molecular formula is C24H29N3O4. The first-order valence-corrected chi connectivity index (χ1v) is 10.5. The van der Waals surface area contributed by atoms with Gasteiger partial charge in [-0.25, -0.2) is 0 Å². The summed E-state index contributed by atoms with van der Waals surface area (Å²) in [6, 6.07) is 11.6. The van der Waals surface area contributed by atoms with Gasteiger partial charge in [-0.2, -0.15) is 0 Å². The van der Waals surface area contributed by atoms with Gasteiger partial charge < -0.3 is 28.7 Å². The van der Waals surface area contributed by atoms with Gasteiger partial charge in [0.05, 0.1) is 38.8 Å². The van der Waals surface area contributed by atoms with Crippen molar-refractivity contribution in [3.8, 4) is 5.75 Å². The van der Waals surface area contributed by atoms with Crippen molar-refractivity contribution >= 4 is 11.6 Å². The van der Waals surface area contributed by atoms with Crippen LogP contribution in [0.1, 0.15) is 33.1 Å². The maximum Gasteiger partial charge on any atom is 0.268 e. The van der Waals surface area contributed by atoms with E-state index in [0.717, 1.165) is 47.1 Å². The average molecular weight is 424 g/mol. The molecule has 4 rings (SSSR count). The Morgan fingerprint density at radius 3 is 2.68 bits per heavy atom. The van der Waals surface area contributed by atoms with Crippen LogP contribution in [-0.4, -0.2) is 43.9 Å². The minimum absolute atomic E-state index is 0.112. The van der Waals surface area contributed by atoms with Crippen LogP contribution in [0.15, 0.2) is 47.1 Å². The van der Waals surface area contributed by atoms with Crippen molar-refractivity contribution in [3.63, 3.8) is 0 Å². The minimum Gasteiger partial charge on any atom is -0.497 e. The van der Waals surface area contributed by atoms with E-state index in [0.29, 0.717) is 32.0 Å². The van der Waals surface area contributed by atoms with Crippen LogP contribution in [-0.2, 0) is 17.8 Å². The molecule has 7 heteroatoms. The molecule has 1 saturated heterocycles. The molecule has 1 N–H and O–H groups in total. The summed E-state index contributed by atoms with van der Waals surface area (Å²) in [4.78, 5) is 15.6. The van der Waals surface area contributed by atoms with E-state index >= 15 is 0 Å². The molecule has 0 aliphatic carbocycles. The second kappa shape index (κ2) is 9.31. The summed E-state index contributed by atoms with van der Waals surface area (Å²) in [6.45, 7) is 8.07. The molecule has 1 aromatic carbocycles. The van der Waals surface area contributed by atoms with Crippen LogP contribution in [0.25, 0.3) is 0 Å². The molecule has 0 saturated carbocycles. The number of aromatic nitrogens is 1. The first-order chi connectivity index (χ1) is 15.1. The molecule has 3 heterocycles. The Bertz CT molecular complexity index is 1030. The smallest absolute Gasteiger partial charge is 0.268 e. The van der Waals surface area contributed by atoms with Crippen molar-refractivity contribution in [2.24, 2.45) is 0 Å². The number of hydrogen-bond acceptors (Lipinski definition) is 5. The van der Waals surface area contributed by atoms with Crippen LogP contribution < -0.4 is 15.0 Å². The highest BCUT2D eigenvalue weighted by Crippen LogP contribution is 2.32. The Kier molecular flexibility index (Phi) is 6.32. The summed E-state index contributed by atoms with van der Waals surface area (Å²) in [6.07, 6.45) is 1.61. The Labute approximate surface area is 182 Å². The predicted molar refractivity (Wildman–Crippen MR) is 119 cm³/mol. The highest BCUT2D eigenvalue weighted by atomic mass is 16.5. The molecule has 0 unspecified atom stereocenters. The number of morpholine rings is 1. The van der Waals surface area contributed by atoms with Crippen molar-refractivity contribution in [1.82, 2.24) is 9.88 Å². The van der Waals surface area contributed by atoms with Crippen molar-refractivity contribution in [3.05, 3.63) is 70.9 Å². The van der Waals surface area contributed by atoms with E-state index in [1.54, 1.807) is 13.4 Å². The van der Waals surface area contributed by atoms with E-state index in [1.807, 2.05) is 37.3 Å². The zero-order chi connectivity index (χ0) is 21.8. The molecule has 1 fully saturated rings. The Morgan fingerprint density at radius 1 is 1.16 bits per heavy atom. The van der Waals surface area contributed by atoms with Gasteiger partial charge in [0.15, 0.2) is 0 Å². The summed E-state index contributed by atoms with van der Waals surface area (Å²) < 4.78 is 18.4. The Morgan fingerprint density at radius 2 is 1.97 bits per heavy atom. The molecule has 0 atom stereocenters. The van der Waals surface area contributed by atoms with Crippen LogP contribution >= 0.6 is 0 Å². The molecule has 3 aromatic rings. The lowest BCUT2D eigenvalue weighted by molar-refractivity contribution is 0.0938. The largest absolute Gasteiger partial charge is 0.497 e. The molecule has 164 valence electrons. The zero-order valence-corrected chi connectivity index (χ0v) is 18.3. The fourth-order valence-electron chi connectivity index (χ4n) is 4.24. The summed E-state index contributed by atoms with van der Waals surface area (Å²) in [5, 5.41) is 3.01. The number of benzene rings is 1. The molecule has 1 aliphatic heterocycles. The SMILES string of the molecule is COc1cccc(Cn2c(C)c(N3CCOCC3)c(C)c2C(=O)NCc2ccco2)c1. The molecule has 0 radical (unpaired) electrons. The average Bonchev–Trinajstić information content (AvgIpc) is 3.39. The maximum absolute atomic E-state index is 13.3. The number of anilines is 1. The van der Waals surface area contributed by atoms with Crippen LogP contribution in [0.5, 0.6) is 5.75 Å². The number of amides is 1. The summed E-state index contributed by atoms with van der Waals surface area (Å²) >= 11 is 0. The highest BCUT2D eigenvalue weighted by Gasteiger charge is 2.27. The van der Waals surface area contributed by atoms with Gasteiger partial charge in [-0.3, -0.25) is 4.79 Å². The normalized spacial score (nSPS) is 14.0. The second-order valence-corrected chi connectivity index (χ2v) is 7.71. The van der Waals surface area contributed by atoms with E-state index in [1.165, 1.54) is 0 Å². The Balaban J connectivity index is 1.70. The standard InChI is InChI=1S/C24H29N3O4/c1-17-22(26-9-12-30-13-10-26)18(2)27(16-19-6-4-7-20(14-19)29-3)23(17)24(28)25-15-21-8-5-11-31-21/h4-8,11,14H,9-10,12-13,15-16H2,1-3H3,(H,25,28). The van der Waals surface area contributed by atoms with Crippen LogP contribution in [0.3, 0.4) is 0 Å². The fraction of sp³-hybridized carbons (Fsp3) is 0.375. The van der Waals surface area contributed by atoms with Gasteiger partial charge >= 0.3 is 0 Å². The monoisotopic (exact) mass is 423 g/mol. The van der Waals surface area contributed by atoms with Crippen molar-refractivity contribution in [2.45, 2.75) is 26.9 Å². The zero-order valence-electron chi connectivity index (χ0n) is 18.3. The maximum atomic E-state index is 13.3. The van der Waals surface area contributed by atoms with E-state index in [9.17, 15) is 4.79 Å². The molecule has 0 spiro atoms. The third-order valence-corrected chi connectivity index (χ3v) is 5.75. The Hall–Kier alpha value is -3.19. The topological polar surface area (TPSA) is 68.9 Å². The summed E-state index contributed by atoms with van der Waals surface area (Å²) in [5.41, 5.74) is 4.93. The summed E-state index contributed by atoms with van der Waals surface area (Å²) in [5.74, 6) is 1.41. The van der Waals surface area contributed by atoms with Gasteiger partial charge in [0, 0.05) is 30.9 Å². The molecule has 31 heavy (non-hydrogen) atoms. The molecule has 0 bridgehead atoms. The van der Waals surface area contributed by atoms with E-state index in [2.05, 4.69) is 27.8 Å². The lowest BCUT2D eigenvalue weighted by atomic mass is 10.1. The van der Waals surface area contributed by atoms with Crippen molar-refractivity contribution in [1.29, 1.82) is 0 Å². The van der Waals surface area contributed by atoms with Gasteiger partial charge in [0.2, 0.25) is 0 Å². The number of nitrogens with one attached hydrogen (secondary N) is 1. The van der Waals surface area contributed by atoms with Crippen LogP contribution in [0.2, 0.25) is 0 Å². The van der Waals surface area contributed by atoms with Gasteiger partial charge in [-0.1, -0.05) is 12.1 Å². The highest BCUT2D eigenvalue weighted by molar-refractivity contribution is 5.96. The second-order valence-electron chi connectivity index (χ2n) is 7.71. The first-order valence-electron chi connectivity index (χ1n) is 10.5. The number of carbonyl (C=O) groups excluding carboxylic acids is 1. The van der Waals surface area contributed by atoms with Gasteiger partial charge in [-0.15, -0.1) is 0 Å². The quantitative estimate of drug-likeness (QED) is 0.630. The number of methoxy groups -OCH3 is 1. The predicted octanol–water partition coefficient (Wildman–Crippen LogP) is 3.52. The number of furan rings is 1. The van der Waals surface area contributed by atoms with E-state index < -0.39 is 0 Å². The molecular weight excluding hydrogens is 394 g/mol. The van der Waals surface area contributed by atoms with Gasteiger partial charge in [0.25, 0.3) is 5.91 Å². The number of nitrogens with zero attached hydrogens (tertiary/aromatic N) is 2. The van der Waals surface area contributed by atoms with Crippen molar-refractivity contribution in [2.75, 3.05) is 38.3 Å². The van der Waals surface area contributed by atoms with Gasteiger partial charge in [0.1, 0.15) is 17.2 Å². The fourth-order valence-corrected chi connectivity index (χ4v) is 4.24. The third-order valence-electron chi connectivity index (χ3n) is 5.75.